The molecule has 0 aromatic heterocycles. The lowest BCUT2D eigenvalue weighted by molar-refractivity contribution is -0.140. The van der Waals surface area contributed by atoms with Crippen LogP contribution < -0.4 is 0 Å². The third kappa shape index (κ3) is 4.77. The fourth-order valence-corrected chi connectivity index (χ4v) is 3.89. The maximum Gasteiger partial charge on any atom is 0.305 e. The number of phenolic OH excluding ortho intramolecular Hbond substituents is 1. The van der Waals surface area contributed by atoms with E-state index in [1.165, 1.54) is 18.2 Å². The second-order valence-corrected chi connectivity index (χ2v) is 9.01. The van der Waals surface area contributed by atoms with Crippen molar-refractivity contribution in [2.75, 3.05) is 7.11 Å². The van der Waals surface area contributed by atoms with E-state index < -0.39 is 0 Å². The fourth-order valence-electron chi connectivity index (χ4n) is 3.89. The largest absolute Gasteiger partial charge is 0.507 e. The van der Waals surface area contributed by atoms with Crippen LogP contribution in [0.1, 0.15) is 89.1 Å². The molecule has 0 heterocycles. The van der Waals surface area contributed by atoms with Crippen molar-refractivity contribution >= 4 is 5.97 Å². The predicted molar refractivity (Wildman–Crippen MR) is 105 cm³/mol. The molecule has 0 aliphatic carbocycles. The number of hydrogen-bond donors (Lipinski definition) is 1. The van der Waals surface area contributed by atoms with E-state index in [0.717, 1.165) is 29.5 Å². The summed E-state index contributed by atoms with van der Waals surface area (Å²) in [6, 6.07) is 0. The molecule has 1 N–H and O–H groups in total. The Hall–Kier alpha value is -1.51. The monoisotopic (exact) mass is 348 g/mol. The Bertz CT molecular complexity index is 628. The Morgan fingerprint density at radius 1 is 0.960 bits per heavy atom. The molecule has 3 heteroatoms. The Morgan fingerprint density at radius 2 is 1.48 bits per heavy atom. The van der Waals surface area contributed by atoms with E-state index in [4.69, 9.17) is 4.74 Å². The number of benzene rings is 1. The number of esters is 1. The van der Waals surface area contributed by atoms with Crippen molar-refractivity contribution in [3.8, 4) is 5.75 Å². The van der Waals surface area contributed by atoms with Crippen LogP contribution >= 0.6 is 0 Å². The Kier molecular flexibility index (Phi) is 6.72. The van der Waals surface area contributed by atoms with Gasteiger partial charge in [0.2, 0.25) is 0 Å². The second-order valence-electron chi connectivity index (χ2n) is 9.01. The van der Waals surface area contributed by atoms with Gasteiger partial charge in [0.15, 0.2) is 0 Å². The molecule has 25 heavy (non-hydrogen) atoms. The number of carbonyl (C=O) groups excluding carboxylic acids is 1. The summed E-state index contributed by atoms with van der Waals surface area (Å²) in [5, 5.41) is 11.2. The van der Waals surface area contributed by atoms with Gasteiger partial charge < -0.3 is 9.84 Å². The van der Waals surface area contributed by atoms with Crippen LogP contribution in [0.2, 0.25) is 0 Å². The second kappa shape index (κ2) is 7.80. The first kappa shape index (κ1) is 21.5. The normalized spacial score (nSPS) is 12.4. The number of hydrogen-bond acceptors (Lipinski definition) is 3. The molecule has 0 aliphatic heterocycles. The van der Waals surface area contributed by atoms with Crippen LogP contribution in [-0.4, -0.2) is 18.2 Å². The van der Waals surface area contributed by atoms with E-state index in [9.17, 15) is 9.90 Å². The van der Waals surface area contributed by atoms with Gasteiger partial charge in [-0.1, -0.05) is 54.9 Å². The molecule has 142 valence electrons. The van der Waals surface area contributed by atoms with Crippen LogP contribution in [0.25, 0.3) is 0 Å². The molecular weight excluding hydrogens is 312 g/mol. The number of aromatic hydroxyl groups is 1. The fraction of sp³-hybridized carbons (Fsp3) is 0.682. The van der Waals surface area contributed by atoms with Gasteiger partial charge in [-0.15, -0.1) is 0 Å². The van der Waals surface area contributed by atoms with Crippen molar-refractivity contribution < 1.29 is 14.6 Å². The van der Waals surface area contributed by atoms with E-state index in [0.29, 0.717) is 18.6 Å². The van der Waals surface area contributed by atoms with E-state index >= 15 is 0 Å². The van der Waals surface area contributed by atoms with E-state index in [1.54, 1.807) is 0 Å². The maximum atomic E-state index is 11.7. The highest BCUT2D eigenvalue weighted by molar-refractivity contribution is 5.70. The molecule has 0 aliphatic rings. The number of carbonyl (C=O) groups is 1. The Morgan fingerprint density at radius 3 is 1.88 bits per heavy atom. The molecule has 1 aromatic carbocycles. The van der Waals surface area contributed by atoms with Crippen LogP contribution in [0.15, 0.2) is 0 Å². The number of methoxy groups -OCH3 is 1. The minimum Gasteiger partial charge on any atom is -0.507 e. The van der Waals surface area contributed by atoms with E-state index in [1.807, 2.05) is 0 Å². The number of phenols is 1. The molecule has 0 amide bonds. The highest BCUT2D eigenvalue weighted by atomic mass is 16.5. The maximum absolute atomic E-state index is 11.7. The zero-order valence-corrected chi connectivity index (χ0v) is 17.6. The molecule has 0 spiro atoms. The summed E-state index contributed by atoms with van der Waals surface area (Å²) in [4.78, 5) is 11.7. The van der Waals surface area contributed by atoms with Gasteiger partial charge in [-0.3, -0.25) is 4.79 Å². The molecule has 3 nitrogen and oxygen atoms in total. The standard InChI is InChI=1S/C22H36O3/c1-10-11-16-15(12-13-17(23)25-9)14(2)18(21(3,4)5)20(24)19(16)22(6,7)8/h24H,10-13H2,1-9H3. The Balaban J connectivity index is 3.79. The average Bonchev–Trinajstić information content (AvgIpc) is 2.43. The minimum atomic E-state index is -0.190. The summed E-state index contributed by atoms with van der Waals surface area (Å²) in [5.74, 6) is 0.243. The summed E-state index contributed by atoms with van der Waals surface area (Å²) < 4.78 is 4.84. The van der Waals surface area contributed by atoms with Crippen molar-refractivity contribution in [1.82, 2.24) is 0 Å². The average molecular weight is 349 g/mol. The molecular formula is C22H36O3. The lowest BCUT2D eigenvalue weighted by atomic mass is 9.72. The lowest BCUT2D eigenvalue weighted by Crippen LogP contribution is -2.23. The van der Waals surface area contributed by atoms with Crippen LogP contribution in [0.5, 0.6) is 5.75 Å². The quantitative estimate of drug-likeness (QED) is 0.729. The molecule has 0 saturated carbocycles. The SMILES string of the molecule is CCCc1c(CCC(=O)OC)c(C)c(C(C)(C)C)c(O)c1C(C)(C)C. The summed E-state index contributed by atoms with van der Waals surface area (Å²) in [6.45, 7) is 17.1. The van der Waals surface area contributed by atoms with E-state index in [2.05, 4.69) is 55.4 Å². The zero-order chi connectivity index (χ0) is 19.6. The zero-order valence-electron chi connectivity index (χ0n) is 17.6. The summed E-state index contributed by atoms with van der Waals surface area (Å²) in [5.41, 5.74) is 5.23. The smallest absolute Gasteiger partial charge is 0.305 e. The summed E-state index contributed by atoms with van der Waals surface area (Å²) in [7, 11) is 1.43. The highest BCUT2D eigenvalue weighted by Gasteiger charge is 2.32. The summed E-state index contributed by atoms with van der Waals surface area (Å²) >= 11 is 0. The molecule has 1 aromatic rings. The molecule has 0 radical (unpaired) electrons. The molecule has 0 bridgehead atoms. The Labute approximate surface area is 153 Å². The van der Waals surface area contributed by atoms with Gasteiger partial charge in [-0.05, 0) is 47.3 Å². The molecule has 0 unspecified atom stereocenters. The van der Waals surface area contributed by atoms with Crippen LogP contribution in [0.3, 0.4) is 0 Å². The number of ether oxygens (including phenoxy) is 1. The lowest BCUT2D eigenvalue weighted by Gasteiger charge is -2.33. The highest BCUT2D eigenvalue weighted by Crippen LogP contribution is 2.45. The van der Waals surface area contributed by atoms with Crippen LogP contribution in [-0.2, 0) is 33.2 Å². The van der Waals surface area contributed by atoms with Gasteiger partial charge in [0.25, 0.3) is 0 Å². The van der Waals surface area contributed by atoms with Crippen molar-refractivity contribution in [2.45, 2.75) is 91.9 Å². The van der Waals surface area contributed by atoms with Crippen molar-refractivity contribution in [2.24, 2.45) is 0 Å². The van der Waals surface area contributed by atoms with Crippen LogP contribution in [0, 0.1) is 6.92 Å². The molecule has 0 atom stereocenters. The van der Waals surface area contributed by atoms with Gasteiger partial charge in [0.05, 0.1) is 7.11 Å². The third-order valence-corrected chi connectivity index (χ3v) is 4.77. The first-order chi connectivity index (χ1) is 11.4. The first-order valence-electron chi connectivity index (χ1n) is 9.31. The van der Waals surface area contributed by atoms with Gasteiger partial charge in [0.1, 0.15) is 5.75 Å². The predicted octanol–water partition coefficient (Wildman–Crippen LogP) is 5.35. The van der Waals surface area contributed by atoms with Crippen LogP contribution in [0.4, 0.5) is 0 Å². The van der Waals surface area contributed by atoms with E-state index in [-0.39, 0.29) is 16.8 Å². The molecule has 0 saturated heterocycles. The number of rotatable bonds is 5. The minimum absolute atomic E-state index is 0.164. The van der Waals surface area contributed by atoms with Gasteiger partial charge in [-0.2, -0.15) is 0 Å². The van der Waals surface area contributed by atoms with Crippen molar-refractivity contribution in [3.05, 3.63) is 27.8 Å². The van der Waals surface area contributed by atoms with Gasteiger partial charge >= 0.3 is 5.97 Å². The van der Waals surface area contributed by atoms with Crippen molar-refractivity contribution in [3.63, 3.8) is 0 Å². The van der Waals surface area contributed by atoms with Crippen molar-refractivity contribution in [1.29, 1.82) is 0 Å². The van der Waals surface area contributed by atoms with Gasteiger partial charge in [-0.25, -0.2) is 0 Å². The molecule has 0 fully saturated rings. The topological polar surface area (TPSA) is 46.5 Å². The third-order valence-electron chi connectivity index (χ3n) is 4.77. The first-order valence-corrected chi connectivity index (χ1v) is 9.31. The molecule has 1 rings (SSSR count). The summed E-state index contributed by atoms with van der Waals surface area (Å²) in [6.07, 6.45) is 2.93. The van der Waals surface area contributed by atoms with Gasteiger partial charge in [0, 0.05) is 17.5 Å².